The largest absolute Gasteiger partial charge is 0.495 e. The molecular weight excluding hydrogens is 314 g/mol. The zero-order valence-electron chi connectivity index (χ0n) is 13.6. The summed E-state index contributed by atoms with van der Waals surface area (Å²) in [5, 5.41) is 6.59. The van der Waals surface area contributed by atoms with Gasteiger partial charge in [-0.1, -0.05) is 11.6 Å². The van der Waals surface area contributed by atoms with Crippen LogP contribution in [0, 0.1) is 0 Å². The topological polar surface area (TPSA) is 63.2 Å². The zero-order chi connectivity index (χ0) is 17.0. The number of carbonyl (C=O) groups is 1. The van der Waals surface area contributed by atoms with E-state index in [4.69, 9.17) is 16.3 Å². The molecule has 0 fully saturated rings. The number of methoxy groups -OCH3 is 1. The van der Waals surface area contributed by atoms with Gasteiger partial charge in [-0.05, 0) is 45.0 Å². The third-order valence-electron chi connectivity index (χ3n) is 2.93. The molecule has 0 bridgehead atoms. The Labute approximate surface area is 141 Å². The summed E-state index contributed by atoms with van der Waals surface area (Å²) in [7, 11) is 1.54. The number of aromatic nitrogens is 1. The van der Waals surface area contributed by atoms with E-state index < -0.39 is 0 Å². The van der Waals surface area contributed by atoms with Crippen LogP contribution in [0.4, 0.5) is 11.4 Å². The van der Waals surface area contributed by atoms with Gasteiger partial charge >= 0.3 is 0 Å². The predicted octanol–water partition coefficient (Wildman–Crippen LogP) is 4.21. The number of benzene rings is 1. The monoisotopic (exact) mass is 333 g/mol. The Hall–Kier alpha value is -2.27. The third kappa shape index (κ3) is 4.86. The number of hydrogen-bond donors (Lipinski definition) is 2. The van der Waals surface area contributed by atoms with Crippen molar-refractivity contribution in [3.63, 3.8) is 0 Å². The summed E-state index contributed by atoms with van der Waals surface area (Å²) < 4.78 is 5.23. The fraction of sp³-hybridized carbons (Fsp3) is 0.294. The first kappa shape index (κ1) is 17.1. The van der Waals surface area contributed by atoms with E-state index in [0.29, 0.717) is 22.0 Å². The maximum absolute atomic E-state index is 12.4. The van der Waals surface area contributed by atoms with E-state index in [0.717, 1.165) is 5.69 Å². The minimum atomic E-state index is -0.282. The van der Waals surface area contributed by atoms with E-state index in [9.17, 15) is 4.79 Å². The number of carbonyl (C=O) groups excluding carboxylic acids is 1. The first-order valence-corrected chi connectivity index (χ1v) is 7.54. The van der Waals surface area contributed by atoms with Gasteiger partial charge in [-0.25, -0.2) is 0 Å². The standard InChI is InChI=1S/C17H20ClN3O2/c1-17(2,3)21-13-7-11(9-19-10-13)16(22)20-14-8-12(18)5-6-15(14)23-4/h5-10,21H,1-4H3,(H,20,22). The molecule has 2 aromatic rings. The van der Waals surface area contributed by atoms with Crippen LogP contribution in [0.15, 0.2) is 36.7 Å². The summed E-state index contributed by atoms with van der Waals surface area (Å²) in [4.78, 5) is 16.5. The van der Waals surface area contributed by atoms with E-state index in [1.165, 1.54) is 13.3 Å². The van der Waals surface area contributed by atoms with Crippen molar-refractivity contribution in [1.29, 1.82) is 0 Å². The molecule has 122 valence electrons. The maximum atomic E-state index is 12.4. The summed E-state index contributed by atoms with van der Waals surface area (Å²) in [6.45, 7) is 6.11. The Balaban J connectivity index is 2.21. The van der Waals surface area contributed by atoms with Crippen LogP contribution in [-0.4, -0.2) is 23.5 Å². The van der Waals surface area contributed by atoms with Crippen molar-refractivity contribution < 1.29 is 9.53 Å². The Morgan fingerprint density at radius 3 is 2.61 bits per heavy atom. The van der Waals surface area contributed by atoms with Gasteiger partial charge in [-0.2, -0.15) is 0 Å². The highest BCUT2D eigenvalue weighted by molar-refractivity contribution is 6.31. The molecule has 0 spiro atoms. The average Bonchev–Trinajstić information content (AvgIpc) is 2.46. The Kier molecular flexibility index (Phi) is 5.11. The highest BCUT2D eigenvalue weighted by Crippen LogP contribution is 2.28. The van der Waals surface area contributed by atoms with Crippen LogP contribution in [-0.2, 0) is 0 Å². The number of pyridine rings is 1. The van der Waals surface area contributed by atoms with Crippen LogP contribution in [0.25, 0.3) is 0 Å². The lowest BCUT2D eigenvalue weighted by Gasteiger charge is -2.22. The van der Waals surface area contributed by atoms with E-state index in [1.807, 2.05) is 20.8 Å². The first-order valence-electron chi connectivity index (χ1n) is 7.16. The van der Waals surface area contributed by atoms with Crippen LogP contribution in [0.5, 0.6) is 5.75 Å². The van der Waals surface area contributed by atoms with Gasteiger partial charge in [0.1, 0.15) is 5.75 Å². The van der Waals surface area contributed by atoms with Crippen LogP contribution in [0.1, 0.15) is 31.1 Å². The Morgan fingerprint density at radius 1 is 1.22 bits per heavy atom. The van der Waals surface area contributed by atoms with Gasteiger partial charge in [0.25, 0.3) is 5.91 Å². The Morgan fingerprint density at radius 2 is 1.96 bits per heavy atom. The molecule has 2 N–H and O–H groups in total. The number of halogens is 1. The SMILES string of the molecule is COc1ccc(Cl)cc1NC(=O)c1cncc(NC(C)(C)C)c1. The fourth-order valence-corrected chi connectivity index (χ4v) is 2.21. The molecule has 0 aliphatic rings. The smallest absolute Gasteiger partial charge is 0.257 e. The van der Waals surface area contributed by atoms with Crippen molar-refractivity contribution in [2.45, 2.75) is 26.3 Å². The van der Waals surface area contributed by atoms with Crippen molar-refractivity contribution in [3.05, 3.63) is 47.2 Å². The molecule has 23 heavy (non-hydrogen) atoms. The highest BCUT2D eigenvalue weighted by atomic mass is 35.5. The summed E-state index contributed by atoms with van der Waals surface area (Å²) in [6.07, 6.45) is 3.20. The van der Waals surface area contributed by atoms with E-state index >= 15 is 0 Å². The van der Waals surface area contributed by atoms with Gasteiger partial charge < -0.3 is 15.4 Å². The molecule has 1 aromatic carbocycles. The lowest BCUT2D eigenvalue weighted by molar-refractivity contribution is 0.102. The number of nitrogens with zero attached hydrogens (tertiary/aromatic N) is 1. The molecule has 2 rings (SSSR count). The number of ether oxygens (including phenoxy) is 1. The van der Waals surface area contributed by atoms with Crippen molar-refractivity contribution in [1.82, 2.24) is 4.98 Å². The molecule has 0 radical (unpaired) electrons. The molecule has 0 saturated heterocycles. The lowest BCUT2D eigenvalue weighted by Crippen LogP contribution is -2.26. The van der Waals surface area contributed by atoms with Crippen LogP contribution in [0.2, 0.25) is 5.02 Å². The van der Waals surface area contributed by atoms with Crippen molar-refractivity contribution >= 4 is 28.9 Å². The average molecular weight is 334 g/mol. The van der Waals surface area contributed by atoms with Gasteiger partial charge in [0.15, 0.2) is 0 Å². The molecular formula is C17H20ClN3O2. The van der Waals surface area contributed by atoms with Crippen LogP contribution in [0.3, 0.4) is 0 Å². The lowest BCUT2D eigenvalue weighted by atomic mass is 10.1. The minimum absolute atomic E-state index is 0.118. The molecule has 0 unspecified atom stereocenters. The minimum Gasteiger partial charge on any atom is -0.495 e. The zero-order valence-corrected chi connectivity index (χ0v) is 14.4. The predicted molar refractivity (Wildman–Crippen MR) is 93.6 cm³/mol. The normalized spacial score (nSPS) is 11.0. The second kappa shape index (κ2) is 6.87. The highest BCUT2D eigenvalue weighted by Gasteiger charge is 2.14. The van der Waals surface area contributed by atoms with Crippen molar-refractivity contribution in [2.75, 3.05) is 17.7 Å². The fourth-order valence-electron chi connectivity index (χ4n) is 2.04. The molecule has 0 saturated carbocycles. The molecule has 1 amide bonds. The number of amides is 1. The van der Waals surface area contributed by atoms with Crippen molar-refractivity contribution in [3.8, 4) is 5.75 Å². The van der Waals surface area contributed by atoms with Gasteiger partial charge in [0, 0.05) is 23.0 Å². The number of anilines is 2. The molecule has 0 atom stereocenters. The summed E-state index contributed by atoms with van der Waals surface area (Å²) in [5.74, 6) is 0.260. The molecule has 0 aliphatic carbocycles. The second-order valence-corrected chi connectivity index (χ2v) is 6.57. The Bertz CT molecular complexity index is 711. The van der Waals surface area contributed by atoms with E-state index in [1.54, 1.807) is 30.5 Å². The van der Waals surface area contributed by atoms with Crippen LogP contribution >= 0.6 is 11.6 Å². The van der Waals surface area contributed by atoms with Gasteiger partial charge in [0.2, 0.25) is 0 Å². The van der Waals surface area contributed by atoms with E-state index in [-0.39, 0.29) is 11.4 Å². The van der Waals surface area contributed by atoms with E-state index in [2.05, 4.69) is 15.6 Å². The first-order chi connectivity index (χ1) is 10.8. The number of rotatable bonds is 4. The molecule has 0 aliphatic heterocycles. The third-order valence-corrected chi connectivity index (χ3v) is 3.16. The molecule has 5 nitrogen and oxygen atoms in total. The number of hydrogen-bond acceptors (Lipinski definition) is 4. The van der Waals surface area contributed by atoms with Crippen molar-refractivity contribution in [2.24, 2.45) is 0 Å². The second-order valence-electron chi connectivity index (χ2n) is 6.14. The van der Waals surface area contributed by atoms with Gasteiger partial charge in [0.05, 0.1) is 24.0 Å². The van der Waals surface area contributed by atoms with Gasteiger partial charge in [-0.15, -0.1) is 0 Å². The molecule has 6 heteroatoms. The summed E-state index contributed by atoms with van der Waals surface area (Å²) >= 11 is 5.97. The van der Waals surface area contributed by atoms with Crippen LogP contribution < -0.4 is 15.4 Å². The number of nitrogens with one attached hydrogen (secondary N) is 2. The maximum Gasteiger partial charge on any atom is 0.257 e. The summed E-state index contributed by atoms with van der Waals surface area (Å²) in [5.41, 5.74) is 1.62. The molecule has 1 aromatic heterocycles. The quantitative estimate of drug-likeness (QED) is 0.880. The van der Waals surface area contributed by atoms with Gasteiger partial charge in [-0.3, -0.25) is 9.78 Å². The molecule has 1 heterocycles. The summed E-state index contributed by atoms with van der Waals surface area (Å²) in [6, 6.07) is 6.80.